The smallest absolute Gasteiger partial charge is 0.254 e. The molecule has 3 atom stereocenters. The topological polar surface area (TPSA) is 59.1 Å². The molecule has 0 aromatic heterocycles. The molecule has 1 aliphatic heterocycles. The van der Waals surface area contributed by atoms with Gasteiger partial charge in [-0.1, -0.05) is 6.42 Å². The summed E-state index contributed by atoms with van der Waals surface area (Å²) >= 11 is 0. The summed E-state index contributed by atoms with van der Waals surface area (Å²) in [5, 5.41) is 0. The van der Waals surface area contributed by atoms with Gasteiger partial charge in [0.25, 0.3) is 5.91 Å². The van der Waals surface area contributed by atoms with Crippen LogP contribution in [0.15, 0.2) is 18.2 Å². The molecule has 3 fully saturated rings. The molecule has 0 spiro atoms. The predicted molar refractivity (Wildman–Crippen MR) is 106 cm³/mol. The molecule has 0 radical (unpaired) electrons. The van der Waals surface area contributed by atoms with Gasteiger partial charge in [-0.25, -0.2) is 0 Å². The van der Waals surface area contributed by atoms with E-state index in [1.165, 1.54) is 25.7 Å². The van der Waals surface area contributed by atoms with Gasteiger partial charge in [-0.2, -0.15) is 0 Å². The number of carbonyl (C=O) groups excluding carboxylic acids is 2. The minimum atomic E-state index is -0.0441. The van der Waals surface area contributed by atoms with E-state index < -0.39 is 0 Å². The summed E-state index contributed by atoms with van der Waals surface area (Å²) in [4.78, 5) is 29.4. The summed E-state index contributed by atoms with van der Waals surface area (Å²) in [5.74, 6) is 3.67. The lowest BCUT2D eigenvalue weighted by Gasteiger charge is -2.36. The van der Waals surface area contributed by atoms with Crippen molar-refractivity contribution in [3.05, 3.63) is 23.8 Å². The second kappa shape index (κ2) is 8.02. The van der Waals surface area contributed by atoms with Crippen LogP contribution in [-0.4, -0.2) is 62.0 Å². The molecular weight excluding hydrogens is 356 g/mol. The molecule has 2 amide bonds. The Labute approximate surface area is 166 Å². The lowest BCUT2D eigenvalue weighted by atomic mass is 9.86. The second-order valence-corrected chi connectivity index (χ2v) is 8.41. The zero-order valence-corrected chi connectivity index (χ0v) is 16.9. The van der Waals surface area contributed by atoms with Gasteiger partial charge in [0.1, 0.15) is 11.5 Å². The molecule has 1 aromatic carbocycles. The monoisotopic (exact) mass is 386 g/mol. The third-order valence-electron chi connectivity index (χ3n) is 6.84. The molecule has 2 aliphatic carbocycles. The van der Waals surface area contributed by atoms with Crippen LogP contribution in [0.25, 0.3) is 0 Å². The lowest BCUT2D eigenvalue weighted by Crippen LogP contribution is -2.51. The van der Waals surface area contributed by atoms with Gasteiger partial charge in [0.15, 0.2) is 0 Å². The van der Waals surface area contributed by atoms with Crippen LogP contribution in [0.3, 0.4) is 0 Å². The molecule has 2 saturated carbocycles. The number of hydrogen-bond donors (Lipinski definition) is 0. The highest BCUT2D eigenvalue weighted by Gasteiger charge is 2.40. The van der Waals surface area contributed by atoms with E-state index in [0.29, 0.717) is 55.6 Å². The molecule has 28 heavy (non-hydrogen) atoms. The number of fused-ring (bicyclic) bond motifs is 2. The van der Waals surface area contributed by atoms with Crippen molar-refractivity contribution in [2.45, 2.75) is 32.1 Å². The number of nitrogens with zero attached hydrogens (tertiary/aromatic N) is 2. The lowest BCUT2D eigenvalue weighted by molar-refractivity contribution is -0.134. The first kappa shape index (κ1) is 19.1. The highest BCUT2D eigenvalue weighted by molar-refractivity contribution is 5.95. The quantitative estimate of drug-likeness (QED) is 0.781. The summed E-state index contributed by atoms with van der Waals surface area (Å²) in [6.07, 6.45) is 5.96. The van der Waals surface area contributed by atoms with Crippen molar-refractivity contribution in [1.29, 1.82) is 0 Å². The molecule has 4 rings (SSSR count). The van der Waals surface area contributed by atoms with Crippen LogP contribution in [0.2, 0.25) is 0 Å². The van der Waals surface area contributed by atoms with Crippen LogP contribution in [0.4, 0.5) is 0 Å². The van der Waals surface area contributed by atoms with Crippen LogP contribution >= 0.6 is 0 Å². The van der Waals surface area contributed by atoms with Crippen molar-refractivity contribution >= 4 is 11.8 Å². The number of benzene rings is 1. The normalized spacial score (nSPS) is 26.4. The van der Waals surface area contributed by atoms with E-state index in [-0.39, 0.29) is 11.8 Å². The van der Waals surface area contributed by atoms with Gasteiger partial charge in [0.2, 0.25) is 5.91 Å². The van der Waals surface area contributed by atoms with Gasteiger partial charge >= 0.3 is 0 Å². The Hall–Kier alpha value is -2.24. The Morgan fingerprint density at radius 1 is 0.929 bits per heavy atom. The Bertz CT molecular complexity index is 720. The first-order valence-electron chi connectivity index (χ1n) is 10.4. The average Bonchev–Trinajstić information content (AvgIpc) is 3.36. The molecule has 6 heteroatoms. The first-order valence-corrected chi connectivity index (χ1v) is 10.4. The zero-order chi connectivity index (χ0) is 19.7. The molecule has 152 valence electrons. The SMILES string of the molecule is COc1cc(OC)cc(C(=O)N2CCN(C(=O)CC3CC4CCC3C4)CC2)c1. The summed E-state index contributed by atoms with van der Waals surface area (Å²) in [6, 6.07) is 5.22. The summed E-state index contributed by atoms with van der Waals surface area (Å²) in [6.45, 7) is 2.38. The zero-order valence-electron chi connectivity index (χ0n) is 16.9. The second-order valence-electron chi connectivity index (χ2n) is 8.41. The fourth-order valence-corrected chi connectivity index (χ4v) is 5.25. The Morgan fingerprint density at radius 3 is 2.11 bits per heavy atom. The summed E-state index contributed by atoms with van der Waals surface area (Å²) in [5.41, 5.74) is 0.554. The third kappa shape index (κ3) is 3.82. The van der Waals surface area contributed by atoms with Gasteiger partial charge < -0.3 is 19.3 Å². The summed E-state index contributed by atoms with van der Waals surface area (Å²) in [7, 11) is 3.15. The average molecular weight is 386 g/mol. The van der Waals surface area contributed by atoms with Crippen molar-refractivity contribution in [2.75, 3.05) is 40.4 Å². The number of rotatable bonds is 5. The van der Waals surface area contributed by atoms with E-state index >= 15 is 0 Å². The van der Waals surface area contributed by atoms with E-state index in [4.69, 9.17) is 9.47 Å². The maximum atomic E-state index is 12.9. The molecule has 3 unspecified atom stereocenters. The predicted octanol–water partition coefficient (Wildman–Crippen LogP) is 2.81. The van der Waals surface area contributed by atoms with Crippen LogP contribution in [0.5, 0.6) is 11.5 Å². The molecule has 1 saturated heterocycles. The Balaban J connectivity index is 1.32. The number of piperazine rings is 1. The van der Waals surface area contributed by atoms with E-state index in [2.05, 4.69) is 0 Å². The van der Waals surface area contributed by atoms with Crippen molar-refractivity contribution in [2.24, 2.45) is 17.8 Å². The number of ether oxygens (including phenoxy) is 2. The fourth-order valence-electron chi connectivity index (χ4n) is 5.25. The van der Waals surface area contributed by atoms with Crippen molar-refractivity contribution in [3.63, 3.8) is 0 Å². The van der Waals surface area contributed by atoms with Crippen LogP contribution in [0, 0.1) is 17.8 Å². The number of carbonyl (C=O) groups is 2. The van der Waals surface area contributed by atoms with Gasteiger partial charge in [0, 0.05) is 44.2 Å². The largest absolute Gasteiger partial charge is 0.497 e. The van der Waals surface area contributed by atoms with Crippen LogP contribution in [-0.2, 0) is 4.79 Å². The van der Waals surface area contributed by atoms with Crippen molar-refractivity contribution < 1.29 is 19.1 Å². The highest BCUT2D eigenvalue weighted by Crippen LogP contribution is 2.49. The minimum absolute atomic E-state index is 0.0441. The van der Waals surface area contributed by atoms with Crippen molar-refractivity contribution in [1.82, 2.24) is 9.80 Å². The Morgan fingerprint density at radius 2 is 1.57 bits per heavy atom. The van der Waals surface area contributed by atoms with E-state index in [0.717, 1.165) is 11.8 Å². The third-order valence-corrected chi connectivity index (χ3v) is 6.84. The first-order chi connectivity index (χ1) is 13.6. The summed E-state index contributed by atoms with van der Waals surface area (Å²) < 4.78 is 10.5. The minimum Gasteiger partial charge on any atom is -0.497 e. The van der Waals surface area contributed by atoms with E-state index in [1.54, 1.807) is 32.4 Å². The van der Waals surface area contributed by atoms with E-state index in [1.807, 2.05) is 9.80 Å². The van der Waals surface area contributed by atoms with Crippen molar-refractivity contribution in [3.8, 4) is 11.5 Å². The van der Waals surface area contributed by atoms with Gasteiger partial charge in [-0.05, 0) is 49.1 Å². The Kier molecular flexibility index (Phi) is 5.47. The maximum Gasteiger partial charge on any atom is 0.254 e. The number of hydrogen-bond acceptors (Lipinski definition) is 4. The van der Waals surface area contributed by atoms with Gasteiger partial charge in [-0.3, -0.25) is 9.59 Å². The van der Waals surface area contributed by atoms with Crippen LogP contribution < -0.4 is 9.47 Å². The molecular formula is C22H30N2O4. The van der Waals surface area contributed by atoms with E-state index in [9.17, 15) is 9.59 Å². The molecule has 0 N–H and O–H groups in total. The number of amides is 2. The molecule has 1 aromatic rings. The standard InChI is InChI=1S/C22H30N2O4/c1-27-19-11-18(12-20(14-19)28-2)22(26)24-7-5-23(6-8-24)21(25)13-17-10-15-3-4-16(17)9-15/h11-12,14-17H,3-10,13H2,1-2H3. The molecule has 1 heterocycles. The maximum absolute atomic E-state index is 12.9. The molecule has 3 aliphatic rings. The van der Waals surface area contributed by atoms with Gasteiger partial charge in [-0.15, -0.1) is 0 Å². The van der Waals surface area contributed by atoms with Gasteiger partial charge in [0.05, 0.1) is 14.2 Å². The number of methoxy groups -OCH3 is 2. The molecule has 2 bridgehead atoms. The van der Waals surface area contributed by atoms with Crippen LogP contribution in [0.1, 0.15) is 42.5 Å². The fraction of sp³-hybridized carbons (Fsp3) is 0.636. The highest BCUT2D eigenvalue weighted by atomic mass is 16.5. The molecule has 6 nitrogen and oxygen atoms in total.